The van der Waals surface area contributed by atoms with Crippen LogP contribution in [0, 0.1) is 0 Å². The van der Waals surface area contributed by atoms with E-state index in [0.29, 0.717) is 11.5 Å². The highest BCUT2D eigenvalue weighted by atomic mass is 32.2. The van der Waals surface area contributed by atoms with E-state index in [4.69, 9.17) is 18.6 Å². The van der Waals surface area contributed by atoms with Gasteiger partial charge in [0, 0.05) is 47.5 Å². The predicted octanol–water partition coefficient (Wildman–Crippen LogP) is 4.17. The third-order valence-corrected chi connectivity index (χ3v) is 12.7. The average Bonchev–Trinajstić information content (AvgIpc) is 3.37. The maximum absolute atomic E-state index is 11.6. The first kappa shape index (κ1) is 44.3. The molecule has 0 fully saturated rings. The summed E-state index contributed by atoms with van der Waals surface area (Å²) < 4.78 is 141. The van der Waals surface area contributed by atoms with Crippen molar-refractivity contribution in [1.29, 1.82) is 0 Å². The van der Waals surface area contributed by atoms with E-state index in [1.165, 1.54) is 0 Å². The van der Waals surface area contributed by atoms with Gasteiger partial charge >= 0.3 is 0 Å². The van der Waals surface area contributed by atoms with E-state index < -0.39 is 74.3 Å². The number of benzene rings is 2. The van der Waals surface area contributed by atoms with Crippen molar-refractivity contribution in [3.8, 4) is 11.5 Å². The summed E-state index contributed by atoms with van der Waals surface area (Å²) in [6.07, 6.45) is 6.02. The van der Waals surface area contributed by atoms with Crippen molar-refractivity contribution in [2.45, 2.75) is 64.2 Å². The molecule has 2 heterocycles. The molecule has 55 heavy (non-hydrogen) atoms. The van der Waals surface area contributed by atoms with Gasteiger partial charge in [-0.05, 0) is 75.1 Å². The Morgan fingerprint density at radius 2 is 1.15 bits per heavy atom. The maximum atomic E-state index is 11.6. The predicted molar refractivity (Wildman–Crippen MR) is 208 cm³/mol. The van der Waals surface area contributed by atoms with Crippen molar-refractivity contribution in [3.63, 3.8) is 0 Å². The van der Waals surface area contributed by atoms with E-state index >= 15 is 0 Å². The minimum atomic E-state index is -4.22. The Kier molecular flexibility index (Phi) is 13.7. The molecule has 0 saturated heterocycles. The molecule has 2 aliphatic heterocycles. The van der Waals surface area contributed by atoms with Gasteiger partial charge < -0.3 is 14.4 Å². The lowest BCUT2D eigenvalue weighted by molar-refractivity contribution is -0.437. The molecule has 16 nitrogen and oxygen atoms in total. The van der Waals surface area contributed by atoms with Crippen LogP contribution in [0.2, 0.25) is 0 Å². The van der Waals surface area contributed by atoms with Crippen molar-refractivity contribution in [2.75, 3.05) is 54.2 Å². The lowest BCUT2D eigenvalue weighted by atomic mass is 9.81. The second kappa shape index (κ2) is 17.0. The first-order chi connectivity index (χ1) is 25.3. The van der Waals surface area contributed by atoms with Gasteiger partial charge in [0.25, 0.3) is 40.5 Å². The van der Waals surface area contributed by atoms with Gasteiger partial charge in [0.05, 0.1) is 41.6 Å². The molecular formula is C35H49N2O14S4+. The van der Waals surface area contributed by atoms with Gasteiger partial charge in [-0.3, -0.25) is 18.2 Å². The lowest BCUT2D eigenvalue weighted by Crippen LogP contribution is -2.29. The third kappa shape index (κ3) is 12.3. The Hall–Kier alpha value is -3.37. The molecule has 0 unspecified atom stereocenters. The zero-order valence-corrected chi connectivity index (χ0v) is 34.3. The van der Waals surface area contributed by atoms with Crippen LogP contribution in [0.4, 0.5) is 11.4 Å². The van der Waals surface area contributed by atoms with Crippen molar-refractivity contribution < 1.29 is 65.9 Å². The largest absolute Gasteiger partial charge is 0.494 e. The zero-order valence-electron chi connectivity index (χ0n) is 31.1. The summed E-state index contributed by atoms with van der Waals surface area (Å²) in [4.78, 5) is 1.96. The van der Waals surface area contributed by atoms with Crippen molar-refractivity contribution in [3.05, 3.63) is 71.5 Å². The van der Waals surface area contributed by atoms with Crippen LogP contribution in [0.5, 0.6) is 11.5 Å². The van der Waals surface area contributed by atoms with Crippen molar-refractivity contribution >= 4 is 57.6 Å². The fraction of sp³-hybridized carbons (Fsp3) is 0.514. The molecular weight excluding hydrogens is 801 g/mol. The van der Waals surface area contributed by atoms with E-state index in [1.54, 1.807) is 12.1 Å². The molecule has 0 saturated carbocycles. The molecule has 4 N–H and O–H groups in total. The molecule has 0 bridgehead atoms. The van der Waals surface area contributed by atoms with Gasteiger partial charge in [-0.1, -0.05) is 19.9 Å². The van der Waals surface area contributed by atoms with Gasteiger partial charge in [0.15, 0.2) is 5.71 Å². The number of anilines is 1. The fourth-order valence-electron chi connectivity index (χ4n) is 6.87. The molecule has 0 radical (unpaired) electrons. The van der Waals surface area contributed by atoms with Crippen LogP contribution < -0.4 is 14.4 Å². The van der Waals surface area contributed by atoms with Gasteiger partial charge in [-0.2, -0.15) is 38.2 Å². The average molecular weight is 850 g/mol. The fourth-order valence-corrected chi connectivity index (χ4v) is 8.83. The highest BCUT2D eigenvalue weighted by Gasteiger charge is 2.45. The van der Waals surface area contributed by atoms with Crippen LogP contribution >= 0.6 is 0 Å². The molecule has 0 spiro atoms. The van der Waals surface area contributed by atoms with Gasteiger partial charge in [-0.25, -0.2) is 0 Å². The molecule has 2 aromatic carbocycles. The summed E-state index contributed by atoms with van der Waals surface area (Å²) >= 11 is 0. The second-order valence-electron chi connectivity index (χ2n) is 14.5. The number of hydrogen-bond donors (Lipinski definition) is 4. The molecule has 0 amide bonds. The third-order valence-electron chi connectivity index (χ3n) is 9.43. The van der Waals surface area contributed by atoms with Crippen LogP contribution in [0.15, 0.2) is 60.3 Å². The summed E-state index contributed by atoms with van der Waals surface area (Å²) in [5, 5.41) is 0. The number of hydrogen-bond acceptors (Lipinski definition) is 11. The first-order valence-corrected chi connectivity index (χ1v) is 23.9. The van der Waals surface area contributed by atoms with Crippen molar-refractivity contribution in [1.82, 2.24) is 0 Å². The Balaban J connectivity index is 1.69. The topological polar surface area (TPSA) is 242 Å². The molecule has 20 heteroatoms. The second-order valence-corrected chi connectivity index (χ2v) is 20.8. The van der Waals surface area contributed by atoms with Gasteiger partial charge in [0.1, 0.15) is 18.0 Å². The van der Waals surface area contributed by atoms with Crippen LogP contribution in [0.25, 0.3) is 0 Å². The molecule has 2 aliphatic rings. The summed E-state index contributed by atoms with van der Waals surface area (Å²) in [5.74, 6) is -0.853. The number of rotatable bonds is 20. The quantitative estimate of drug-likeness (QED) is 0.0830. The lowest BCUT2D eigenvalue weighted by Gasteiger charge is -2.27. The van der Waals surface area contributed by atoms with Crippen LogP contribution in [0.3, 0.4) is 0 Å². The van der Waals surface area contributed by atoms with E-state index in [9.17, 15) is 42.8 Å². The molecule has 0 aromatic heterocycles. The first-order valence-electron chi connectivity index (χ1n) is 17.5. The van der Waals surface area contributed by atoms with Crippen LogP contribution in [-0.4, -0.2) is 111 Å². The molecule has 4 rings (SSSR count). The van der Waals surface area contributed by atoms with Gasteiger partial charge in [-0.15, -0.1) is 0 Å². The Labute approximate surface area is 323 Å². The minimum Gasteiger partial charge on any atom is -0.494 e. The van der Waals surface area contributed by atoms with E-state index in [2.05, 4.69) is 0 Å². The summed E-state index contributed by atoms with van der Waals surface area (Å²) in [6, 6.07) is 10.7. The highest BCUT2D eigenvalue weighted by molar-refractivity contribution is 7.86. The van der Waals surface area contributed by atoms with E-state index in [-0.39, 0.29) is 52.0 Å². The van der Waals surface area contributed by atoms with Crippen LogP contribution in [0.1, 0.15) is 64.5 Å². The number of fused-ring (bicyclic) bond motifs is 2. The zero-order chi connectivity index (χ0) is 41.0. The molecule has 0 atom stereocenters. The van der Waals surface area contributed by atoms with Gasteiger partial charge in [0.2, 0.25) is 5.69 Å². The minimum absolute atomic E-state index is 0.0433. The summed E-state index contributed by atoms with van der Waals surface area (Å²) in [7, 11) is -16.7. The SMILES string of the molecule is CC1(C)C(=CC=CC2=[N+](CCCS(=O)(=O)O)c3ccc(OCCCS(=O)(=O)O)cc3C2(C)C)N(CCCS(=O)(=O)O)c2ccc(OCCCS(=O)(=O)O)cc21. The Morgan fingerprint density at radius 1 is 0.655 bits per heavy atom. The number of nitrogens with zero attached hydrogens (tertiary/aromatic N) is 2. The van der Waals surface area contributed by atoms with Crippen LogP contribution in [-0.2, 0) is 51.3 Å². The number of allylic oxidation sites excluding steroid dienone is 4. The molecule has 2 aromatic rings. The summed E-state index contributed by atoms with van der Waals surface area (Å²) in [5.41, 5.74) is 3.55. The Morgan fingerprint density at radius 3 is 1.69 bits per heavy atom. The number of ether oxygens (including phenoxy) is 2. The monoisotopic (exact) mass is 849 g/mol. The maximum Gasteiger partial charge on any atom is 0.265 e. The standard InChI is InChI=1S/C35H48N2O14S4/c1-34(2)28-24-26(50-18-8-22-54(44,45)46)12-14-30(28)36(16-6-20-52(38,39)40)32(34)10-5-11-33-35(3,4)29-25-27(51-19-9-23-55(47,48)49)13-15-31(29)37(33)17-7-21-53(41,42)43/h5,10-15,24-25H,6-9,16-23H2,1-4H3,(H3-,38,39,40,41,42,43,44,45,46,47,48,49)/p+1. The van der Waals surface area contributed by atoms with Crippen molar-refractivity contribution in [2.24, 2.45) is 0 Å². The molecule has 0 aliphatic carbocycles. The summed E-state index contributed by atoms with van der Waals surface area (Å²) in [6.45, 7) is 8.51. The smallest absolute Gasteiger partial charge is 0.265 e. The van der Waals surface area contributed by atoms with E-state index in [1.807, 2.05) is 79.7 Å². The molecule has 306 valence electrons. The Bertz CT molecular complexity index is 2300. The highest BCUT2D eigenvalue weighted by Crippen LogP contribution is 2.49. The van der Waals surface area contributed by atoms with E-state index in [0.717, 1.165) is 33.9 Å². The normalized spacial score (nSPS) is 17.6.